The predicted octanol–water partition coefficient (Wildman–Crippen LogP) is 3.97. The van der Waals surface area contributed by atoms with Gasteiger partial charge in [0.1, 0.15) is 0 Å². The minimum atomic E-state index is 0.0283. The van der Waals surface area contributed by atoms with E-state index in [9.17, 15) is 0 Å². The molecule has 0 saturated heterocycles. The number of H-pyrrole nitrogens is 1. The van der Waals surface area contributed by atoms with Crippen molar-refractivity contribution in [1.29, 1.82) is 0 Å². The first-order chi connectivity index (χ1) is 16.7. The quantitative estimate of drug-likeness (QED) is 0.464. The highest BCUT2D eigenvalue weighted by molar-refractivity contribution is 5.73. The van der Waals surface area contributed by atoms with Crippen LogP contribution < -0.4 is 10.6 Å². The van der Waals surface area contributed by atoms with Crippen LogP contribution in [0.1, 0.15) is 62.0 Å². The summed E-state index contributed by atoms with van der Waals surface area (Å²) in [7, 11) is 0. The summed E-state index contributed by atoms with van der Waals surface area (Å²) in [6, 6.07) is 9.16. The van der Waals surface area contributed by atoms with E-state index in [1.807, 2.05) is 0 Å². The van der Waals surface area contributed by atoms with Crippen molar-refractivity contribution in [3.8, 4) is 0 Å². The average molecular weight is 459 g/mol. The minimum Gasteiger partial charge on any atom is -0.408 e. The van der Waals surface area contributed by atoms with Crippen LogP contribution in [-0.4, -0.2) is 43.4 Å². The molecule has 8 rings (SSSR count). The van der Waals surface area contributed by atoms with Gasteiger partial charge in [0.25, 0.3) is 5.95 Å². The first-order valence-electron chi connectivity index (χ1n) is 12.6. The molecular formula is C25H30N8O. The number of allylic oxidation sites excluding steroid dienone is 1. The minimum absolute atomic E-state index is 0.0283. The second-order valence-electron chi connectivity index (χ2n) is 10.9. The fraction of sp³-hybridized carbons (Fsp3) is 0.560. The zero-order valence-corrected chi connectivity index (χ0v) is 19.2. The molecule has 0 aliphatic heterocycles. The van der Waals surface area contributed by atoms with E-state index in [-0.39, 0.29) is 11.5 Å². The highest BCUT2D eigenvalue weighted by atomic mass is 16.4. The van der Waals surface area contributed by atoms with Crippen LogP contribution in [-0.2, 0) is 11.8 Å². The first kappa shape index (κ1) is 20.2. The Labute approximate surface area is 198 Å². The van der Waals surface area contributed by atoms with Gasteiger partial charge in [0.15, 0.2) is 0 Å². The molecule has 1 atom stereocenters. The van der Waals surface area contributed by atoms with Crippen molar-refractivity contribution in [1.82, 2.24) is 30.8 Å². The van der Waals surface area contributed by atoms with E-state index in [2.05, 4.69) is 71.8 Å². The second kappa shape index (κ2) is 7.92. The van der Waals surface area contributed by atoms with Crippen molar-refractivity contribution in [2.45, 2.75) is 62.8 Å². The maximum atomic E-state index is 6.34. The Morgan fingerprint density at radius 1 is 1.03 bits per heavy atom. The van der Waals surface area contributed by atoms with E-state index >= 15 is 0 Å². The Morgan fingerprint density at radius 2 is 1.82 bits per heavy atom. The van der Waals surface area contributed by atoms with Gasteiger partial charge in [0.05, 0.1) is 6.04 Å². The molecule has 5 aliphatic carbocycles. The number of nitrogens with one attached hydrogen (secondary N) is 3. The van der Waals surface area contributed by atoms with E-state index in [0.717, 1.165) is 36.5 Å². The highest BCUT2D eigenvalue weighted by Gasteiger charge is 2.54. The number of hydrogen-bond acceptors (Lipinski definition) is 8. The molecule has 9 heteroatoms. The zero-order chi connectivity index (χ0) is 22.5. The fourth-order valence-corrected chi connectivity index (χ4v) is 7.48. The molecule has 0 unspecified atom stereocenters. The van der Waals surface area contributed by atoms with Gasteiger partial charge in [0.2, 0.25) is 5.89 Å². The number of rotatable bonds is 8. The summed E-state index contributed by atoms with van der Waals surface area (Å²) in [5.74, 6) is 3.86. The fourth-order valence-electron chi connectivity index (χ4n) is 7.48. The van der Waals surface area contributed by atoms with Crippen molar-refractivity contribution >= 4 is 17.5 Å². The largest absolute Gasteiger partial charge is 0.408 e. The van der Waals surface area contributed by atoms with Gasteiger partial charge >= 0.3 is 6.01 Å². The number of aromatic nitrogens is 6. The lowest BCUT2D eigenvalue weighted by atomic mass is 9.49. The number of hydrogen-bond donors (Lipinski definition) is 3. The van der Waals surface area contributed by atoms with Crippen LogP contribution in [0.3, 0.4) is 0 Å². The van der Waals surface area contributed by atoms with Crippen molar-refractivity contribution < 1.29 is 4.42 Å². The third-order valence-corrected chi connectivity index (χ3v) is 8.49. The van der Waals surface area contributed by atoms with Crippen molar-refractivity contribution in [2.75, 3.05) is 17.2 Å². The van der Waals surface area contributed by atoms with Gasteiger partial charge < -0.3 is 15.1 Å². The lowest BCUT2D eigenvalue weighted by molar-refractivity contribution is -0.0175. The van der Waals surface area contributed by atoms with Crippen molar-refractivity contribution in [3.63, 3.8) is 0 Å². The monoisotopic (exact) mass is 458 g/mol. The molecule has 34 heavy (non-hydrogen) atoms. The number of anilines is 2. The molecule has 4 saturated carbocycles. The van der Waals surface area contributed by atoms with Crippen LogP contribution in [0.25, 0.3) is 5.57 Å². The number of nitrogens with zero attached hydrogens (tertiary/aromatic N) is 5. The SMILES string of the molecule is C1=C(C[C@@H](CNc2nn[nH]n2)Nc2nnc(C34CC5CC(CC(C5)C3)C4)o2)c2ccccc2C1. The molecule has 9 nitrogen and oxygen atoms in total. The molecule has 1 aromatic carbocycles. The predicted molar refractivity (Wildman–Crippen MR) is 127 cm³/mol. The van der Waals surface area contributed by atoms with E-state index in [0.29, 0.717) is 18.5 Å². The Hall–Kier alpha value is -3.23. The lowest BCUT2D eigenvalue weighted by Gasteiger charge is -2.55. The molecule has 176 valence electrons. The van der Waals surface area contributed by atoms with Crippen LogP contribution in [0.2, 0.25) is 0 Å². The molecule has 4 fully saturated rings. The van der Waals surface area contributed by atoms with Crippen LogP contribution in [0.4, 0.5) is 12.0 Å². The molecule has 2 aromatic heterocycles. The molecule has 0 amide bonds. The number of fused-ring (bicyclic) bond motifs is 1. The Bertz CT molecular complexity index is 1160. The number of tetrazole rings is 1. The van der Waals surface area contributed by atoms with Gasteiger partial charge in [-0.2, -0.15) is 5.21 Å². The standard InChI is InChI=1S/C25H30N8O/c1-2-4-21-18(3-1)5-6-19(21)10-20(14-26-23-29-32-33-30-23)27-24-31-28-22(34-24)25-11-15-7-16(12-25)9-17(8-15)13-25/h1-4,6,15-17,20H,5,7-14H2,(H,27,31)(H2,26,29,30,32,33)/t15?,16?,17?,20-,25?/m0/s1. The molecule has 3 N–H and O–H groups in total. The normalized spacial score (nSPS) is 29.6. The molecular weight excluding hydrogens is 428 g/mol. The smallest absolute Gasteiger partial charge is 0.315 e. The summed E-state index contributed by atoms with van der Waals surface area (Å²) in [4.78, 5) is 0. The van der Waals surface area contributed by atoms with Crippen molar-refractivity contribution in [3.05, 3.63) is 47.4 Å². The van der Waals surface area contributed by atoms with Gasteiger partial charge in [-0.1, -0.05) is 40.5 Å². The summed E-state index contributed by atoms with van der Waals surface area (Å²) >= 11 is 0. The summed E-state index contributed by atoms with van der Waals surface area (Å²) in [5, 5.41) is 30.0. The summed E-state index contributed by atoms with van der Waals surface area (Å²) in [5.41, 5.74) is 4.15. The zero-order valence-electron chi connectivity index (χ0n) is 19.2. The maximum absolute atomic E-state index is 6.34. The second-order valence-corrected chi connectivity index (χ2v) is 10.9. The van der Waals surface area contributed by atoms with E-state index in [4.69, 9.17) is 4.42 Å². The van der Waals surface area contributed by atoms with Gasteiger partial charge in [-0.25, -0.2) is 0 Å². The van der Waals surface area contributed by atoms with Crippen LogP contribution in [0, 0.1) is 17.8 Å². The first-order valence-corrected chi connectivity index (χ1v) is 12.6. The Kier molecular flexibility index (Phi) is 4.70. The third kappa shape index (κ3) is 3.58. The van der Waals surface area contributed by atoms with E-state index in [1.54, 1.807) is 0 Å². The Balaban J connectivity index is 1.10. The summed E-state index contributed by atoms with van der Waals surface area (Å²) < 4.78 is 6.34. The molecule has 5 aliphatic rings. The maximum Gasteiger partial charge on any atom is 0.315 e. The van der Waals surface area contributed by atoms with Crippen molar-refractivity contribution in [2.24, 2.45) is 17.8 Å². The molecule has 3 aromatic rings. The highest BCUT2D eigenvalue weighted by Crippen LogP contribution is 2.60. The van der Waals surface area contributed by atoms with Crippen LogP contribution >= 0.6 is 0 Å². The summed E-state index contributed by atoms with van der Waals surface area (Å²) in [6.45, 7) is 0.605. The van der Waals surface area contributed by atoms with Gasteiger partial charge in [0, 0.05) is 12.0 Å². The van der Waals surface area contributed by atoms with Gasteiger partial charge in [-0.05, 0) is 91.0 Å². The number of benzene rings is 1. The molecule has 2 heterocycles. The van der Waals surface area contributed by atoms with Gasteiger partial charge in [-0.3, -0.25) is 0 Å². The Morgan fingerprint density at radius 3 is 2.59 bits per heavy atom. The van der Waals surface area contributed by atoms with Crippen LogP contribution in [0.15, 0.2) is 34.8 Å². The average Bonchev–Trinajstić information content (AvgIpc) is 3.59. The topological polar surface area (TPSA) is 117 Å². The van der Waals surface area contributed by atoms with E-state index in [1.165, 1.54) is 55.2 Å². The van der Waals surface area contributed by atoms with E-state index < -0.39 is 0 Å². The van der Waals surface area contributed by atoms with Gasteiger partial charge in [-0.15, -0.1) is 10.2 Å². The lowest BCUT2D eigenvalue weighted by Crippen LogP contribution is -2.48. The third-order valence-electron chi connectivity index (χ3n) is 8.49. The number of aromatic amines is 1. The molecule has 0 spiro atoms. The summed E-state index contributed by atoms with van der Waals surface area (Å²) in [6.07, 6.45) is 12.0. The van der Waals surface area contributed by atoms with Crippen LogP contribution in [0.5, 0.6) is 0 Å². The molecule has 0 radical (unpaired) electrons. The molecule has 4 bridgehead atoms.